The first-order valence-corrected chi connectivity index (χ1v) is 8.80. The largest absolute Gasteiger partial charge is 0.348 e. The van der Waals surface area contributed by atoms with Crippen molar-refractivity contribution in [3.05, 3.63) is 84.4 Å². The monoisotopic (exact) mass is 362 g/mol. The highest BCUT2D eigenvalue weighted by Crippen LogP contribution is 2.15. The number of hydrogen-bond donors (Lipinski definition) is 2. The van der Waals surface area contributed by atoms with Crippen LogP contribution in [0.15, 0.2) is 73.3 Å². The number of aromatic nitrogens is 2. The highest BCUT2D eigenvalue weighted by molar-refractivity contribution is 5.85. The molecule has 0 aliphatic rings. The summed E-state index contributed by atoms with van der Waals surface area (Å²) in [5.74, 6) is -0.392. The SMILES string of the molecule is C[C@H](NC(=O)CNC(=O)Cc1ccccc1)c1ccc(-n2ccnc2)cc1. The van der Waals surface area contributed by atoms with Gasteiger partial charge in [-0.2, -0.15) is 0 Å². The van der Waals surface area contributed by atoms with Gasteiger partial charge in [0.15, 0.2) is 0 Å². The molecule has 6 nitrogen and oxygen atoms in total. The van der Waals surface area contributed by atoms with E-state index in [2.05, 4.69) is 15.6 Å². The second kappa shape index (κ2) is 8.80. The first-order valence-electron chi connectivity index (χ1n) is 8.80. The molecule has 0 bridgehead atoms. The first kappa shape index (κ1) is 18.4. The van der Waals surface area contributed by atoms with Gasteiger partial charge in [-0.25, -0.2) is 4.98 Å². The lowest BCUT2D eigenvalue weighted by atomic mass is 10.1. The summed E-state index contributed by atoms with van der Waals surface area (Å²) in [5, 5.41) is 5.55. The molecule has 6 heteroatoms. The van der Waals surface area contributed by atoms with E-state index in [9.17, 15) is 9.59 Å². The Labute approximate surface area is 158 Å². The van der Waals surface area contributed by atoms with Crippen LogP contribution in [-0.2, 0) is 16.0 Å². The van der Waals surface area contributed by atoms with Gasteiger partial charge >= 0.3 is 0 Å². The van der Waals surface area contributed by atoms with E-state index in [-0.39, 0.29) is 30.8 Å². The molecular weight excluding hydrogens is 340 g/mol. The molecule has 0 aliphatic carbocycles. The molecule has 0 saturated carbocycles. The smallest absolute Gasteiger partial charge is 0.239 e. The van der Waals surface area contributed by atoms with E-state index in [1.807, 2.05) is 72.3 Å². The van der Waals surface area contributed by atoms with Crippen LogP contribution >= 0.6 is 0 Å². The molecule has 3 aromatic rings. The van der Waals surface area contributed by atoms with Crippen molar-refractivity contribution in [3.63, 3.8) is 0 Å². The van der Waals surface area contributed by atoms with Gasteiger partial charge in [0.2, 0.25) is 11.8 Å². The third-order valence-electron chi connectivity index (χ3n) is 4.23. The van der Waals surface area contributed by atoms with Gasteiger partial charge in [0.25, 0.3) is 0 Å². The molecule has 2 aromatic carbocycles. The van der Waals surface area contributed by atoms with Gasteiger partial charge in [0.1, 0.15) is 0 Å². The Kier molecular flexibility index (Phi) is 5.99. The minimum Gasteiger partial charge on any atom is -0.348 e. The van der Waals surface area contributed by atoms with Gasteiger partial charge in [0.05, 0.1) is 25.3 Å². The maximum Gasteiger partial charge on any atom is 0.239 e. The third kappa shape index (κ3) is 5.28. The number of benzene rings is 2. The summed E-state index contributed by atoms with van der Waals surface area (Å²) < 4.78 is 1.91. The average Bonchev–Trinajstić information content (AvgIpc) is 3.22. The van der Waals surface area contributed by atoms with Gasteiger partial charge in [-0.1, -0.05) is 42.5 Å². The van der Waals surface area contributed by atoms with Crippen LogP contribution in [0.3, 0.4) is 0 Å². The Morgan fingerprint density at radius 1 is 1.04 bits per heavy atom. The van der Waals surface area contributed by atoms with Crippen LogP contribution in [0.2, 0.25) is 0 Å². The molecule has 1 aromatic heterocycles. The van der Waals surface area contributed by atoms with Crippen molar-refractivity contribution >= 4 is 11.8 Å². The number of carbonyl (C=O) groups is 2. The molecule has 2 N–H and O–H groups in total. The van der Waals surface area contributed by atoms with E-state index >= 15 is 0 Å². The molecule has 3 rings (SSSR count). The fourth-order valence-corrected chi connectivity index (χ4v) is 2.75. The lowest BCUT2D eigenvalue weighted by molar-refractivity contribution is -0.126. The van der Waals surface area contributed by atoms with Crippen LogP contribution in [0.5, 0.6) is 0 Å². The zero-order valence-electron chi connectivity index (χ0n) is 15.1. The highest BCUT2D eigenvalue weighted by Gasteiger charge is 2.11. The Morgan fingerprint density at radius 3 is 2.44 bits per heavy atom. The van der Waals surface area contributed by atoms with E-state index in [4.69, 9.17) is 0 Å². The van der Waals surface area contributed by atoms with Gasteiger partial charge in [0, 0.05) is 18.1 Å². The minimum atomic E-state index is -0.220. The van der Waals surface area contributed by atoms with Crippen LogP contribution in [-0.4, -0.2) is 27.9 Å². The van der Waals surface area contributed by atoms with E-state index in [1.54, 1.807) is 12.5 Å². The van der Waals surface area contributed by atoms with E-state index < -0.39 is 0 Å². The van der Waals surface area contributed by atoms with Crippen molar-refractivity contribution < 1.29 is 9.59 Å². The summed E-state index contributed by atoms with van der Waals surface area (Å²) in [4.78, 5) is 28.1. The number of imidazole rings is 1. The zero-order chi connectivity index (χ0) is 19.1. The fraction of sp³-hybridized carbons (Fsp3) is 0.190. The van der Waals surface area contributed by atoms with Crippen LogP contribution in [0.1, 0.15) is 24.1 Å². The summed E-state index contributed by atoms with van der Waals surface area (Å²) in [7, 11) is 0. The summed E-state index contributed by atoms with van der Waals surface area (Å²) in [6.45, 7) is 1.87. The average molecular weight is 362 g/mol. The van der Waals surface area contributed by atoms with Gasteiger partial charge < -0.3 is 15.2 Å². The minimum absolute atomic E-state index is 0.0386. The van der Waals surface area contributed by atoms with Gasteiger partial charge in [-0.15, -0.1) is 0 Å². The van der Waals surface area contributed by atoms with E-state index in [1.165, 1.54) is 0 Å². The normalized spacial score (nSPS) is 11.6. The molecule has 0 aliphatic heterocycles. The predicted octanol–water partition coefficient (Wildman–Crippen LogP) is 2.41. The Bertz CT molecular complexity index is 874. The van der Waals surface area contributed by atoms with Crippen LogP contribution in [0.4, 0.5) is 0 Å². The third-order valence-corrected chi connectivity index (χ3v) is 4.23. The number of carbonyl (C=O) groups excluding carboxylic acids is 2. The molecule has 0 fully saturated rings. The van der Waals surface area contributed by atoms with Crippen LogP contribution < -0.4 is 10.6 Å². The zero-order valence-corrected chi connectivity index (χ0v) is 15.1. The summed E-state index contributed by atoms with van der Waals surface area (Å²) in [6, 6.07) is 17.2. The topological polar surface area (TPSA) is 76.0 Å². The van der Waals surface area contributed by atoms with E-state index in [0.29, 0.717) is 0 Å². The van der Waals surface area contributed by atoms with Crippen molar-refractivity contribution in [1.82, 2.24) is 20.2 Å². The maximum atomic E-state index is 12.1. The summed E-state index contributed by atoms with van der Waals surface area (Å²) >= 11 is 0. The first-order chi connectivity index (χ1) is 13.1. The second-order valence-corrected chi connectivity index (χ2v) is 6.29. The number of amides is 2. The number of nitrogens with zero attached hydrogens (tertiary/aromatic N) is 2. The van der Waals surface area contributed by atoms with Gasteiger partial charge in [-0.3, -0.25) is 9.59 Å². The molecule has 138 valence electrons. The highest BCUT2D eigenvalue weighted by atomic mass is 16.2. The molecule has 2 amide bonds. The molecule has 0 saturated heterocycles. The van der Waals surface area contributed by atoms with Crippen molar-refractivity contribution in [2.75, 3.05) is 6.54 Å². The standard InChI is InChI=1S/C21H22N4O2/c1-16(18-7-9-19(10-8-18)25-12-11-22-15-25)24-21(27)14-23-20(26)13-17-5-3-2-4-6-17/h2-12,15-16H,13-14H2,1H3,(H,23,26)(H,24,27)/t16-/m0/s1. The molecule has 0 radical (unpaired) electrons. The Morgan fingerprint density at radius 2 is 1.78 bits per heavy atom. The summed E-state index contributed by atoms with van der Waals surface area (Å²) in [5.41, 5.74) is 2.91. The molecule has 0 unspecified atom stereocenters. The molecule has 1 atom stereocenters. The Hall–Kier alpha value is -3.41. The van der Waals surface area contributed by atoms with Gasteiger partial charge in [-0.05, 0) is 30.2 Å². The number of nitrogens with one attached hydrogen (secondary N) is 2. The lowest BCUT2D eigenvalue weighted by Gasteiger charge is -2.15. The summed E-state index contributed by atoms with van der Waals surface area (Å²) in [6.07, 6.45) is 5.60. The second-order valence-electron chi connectivity index (χ2n) is 6.29. The molecule has 1 heterocycles. The van der Waals surface area contributed by atoms with E-state index in [0.717, 1.165) is 16.8 Å². The van der Waals surface area contributed by atoms with Crippen LogP contribution in [0, 0.1) is 0 Å². The number of hydrogen-bond acceptors (Lipinski definition) is 3. The quantitative estimate of drug-likeness (QED) is 0.678. The Balaban J connectivity index is 1.46. The fourth-order valence-electron chi connectivity index (χ4n) is 2.75. The predicted molar refractivity (Wildman–Crippen MR) is 103 cm³/mol. The maximum absolute atomic E-state index is 12.1. The molecular formula is C21H22N4O2. The molecule has 27 heavy (non-hydrogen) atoms. The number of rotatable bonds is 7. The van der Waals surface area contributed by atoms with Crippen molar-refractivity contribution in [3.8, 4) is 5.69 Å². The van der Waals surface area contributed by atoms with Crippen molar-refractivity contribution in [2.45, 2.75) is 19.4 Å². The van der Waals surface area contributed by atoms with Crippen molar-refractivity contribution in [2.24, 2.45) is 0 Å². The molecule has 0 spiro atoms. The van der Waals surface area contributed by atoms with Crippen LogP contribution in [0.25, 0.3) is 5.69 Å². The lowest BCUT2D eigenvalue weighted by Crippen LogP contribution is -2.38. The van der Waals surface area contributed by atoms with Crippen molar-refractivity contribution in [1.29, 1.82) is 0 Å².